The number of rotatable bonds is 6. The Balaban J connectivity index is 2.29. The smallest absolute Gasteiger partial charge is 0.273 e. The number of nitrogens with zero attached hydrogens (tertiary/aromatic N) is 2. The van der Waals surface area contributed by atoms with E-state index >= 15 is 0 Å². The summed E-state index contributed by atoms with van der Waals surface area (Å²) in [7, 11) is 0. The Kier molecular flexibility index (Phi) is 7.30. The highest BCUT2D eigenvalue weighted by Crippen LogP contribution is 2.35. The maximum atomic E-state index is 14.1. The Morgan fingerprint density at radius 1 is 1.00 bits per heavy atom. The van der Waals surface area contributed by atoms with E-state index in [1.54, 1.807) is 0 Å². The average Bonchev–Trinajstić information content (AvgIpc) is 3.14. The van der Waals surface area contributed by atoms with Crippen molar-refractivity contribution in [3.63, 3.8) is 0 Å². The minimum Gasteiger partial charge on any atom is -0.395 e. The Labute approximate surface area is 209 Å². The highest BCUT2D eigenvalue weighted by Gasteiger charge is 2.37. The van der Waals surface area contributed by atoms with Gasteiger partial charge in [-0.05, 0) is 75.8 Å². The SMILES string of the molecule is Cc1ccc(C(C(=O)NC(C)(C)C)N(C(=O)c2snc(C(N)=O)c2N)c2cc(C)ccc2C)cc1. The Morgan fingerprint density at radius 2 is 1.60 bits per heavy atom. The summed E-state index contributed by atoms with van der Waals surface area (Å²) < 4.78 is 3.99. The van der Waals surface area contributed by atoms with Crippen molar-refractivity contribution in [2.24, 2.45) is 5.73 Å². The topological polar surface area (TPSA) is 131 Å². The zero-order valence-electron chi connectivity index (χ0n) is 20.8. The van der Waals surface area contributed by atoms with Gasteiger partial charge in [-0.1, -0.05) is 42.0 Å². The van der Waals surface area contributed by atoms with Gasteiger partial charge in [0, 0.05) is 11.2 Å². The van der Waals surface area contributed by atoms with Gasteiger partial charge in [0.25, 0.3) is 11.8 Å². The number of benzene rings is 2. The van der Waals surface area contributed by atoms with Gasteiger partial charge in [0.15, 0.2) is 5.69 Å². The summed E-state index contributed by atoms with van der Waals surface area (Å²) in [6.07, 6.45) is 0. The predicted molar refractivity (Wildman–Crippen MR) is 140 cm³/mol. The molecule has 1 aromatic heterocycles. The van der Waals surface area contributed by atoms with Crippen molar-refractivity contribution < 1.29 is 14.4 Å². The van der Waals surface area contributed by atoms with E-state index in [1.165, 1.54) is 4.90 Å². The van der Waals surface area contributed by atoms with Gasteiger partial charge in [-0.3, -0.25) is 19.3 Å². The highest BCUT2D eigenvalue weighted by molar-refractivity contribution is 7.09. The molecular formula is C26H31N5O3S. The molecule has 0 aliphatic rings. The van der Waals surface area contributed by atoms with Gasteiger partial charge in [0.1, 0.15) is 10.9 Å². The fourth-order valence-corrected chi connectivity index (χ4v) is 4.43. The maximum Gasteiger partial charge on any atom is 0.273 e. The molecule has 1 unspecified atom stereocenters. The van der Waals surface area contributed by atoms with Crippen molar-refractivity contribution in [1.29, 1.82) is 0 Å². The molecule has 3 amide bonds. The summed E-state index contributed by atoms with van der Waals surface area (Å²) in [4.78, 5) is 41.1. The molecule has 35 heavy (non-hydrogen) atoms. The molecule has 3 aromatic rings. The van der Waals surface area contributed by atoms with Crippen LogP contribution in [-0.4, -0.2) is 27.6 Å². The van der Waals surface area contributed by atoms with Crippen LogP contribution < -0.4 is 21.7 Å². The van der Waals surface area contributed by atoms with Gasteiger partial charge < -0.3 is 16.8 Å². The molecule has 2 aromatic carbocycles. The maximum absolute atomic E-state index is 14.1. The third kappa shape index (κ3) is 5.68. The van der Waals surface area contributed by atoms with Crippen molar-refractivity contribution in [3.8, 4) is 0 Å². The standard InChI is InChI=1S/C26H31N5O3S/c1-14-8-11-17(12-9-14)21(24(33)29-26(4,5)6)31(18-13-15(2)7-10-16(18)3)25(34)22-19(27)20(23(28)32)30-35-22/h7-13,21H,27H2,1-6H3,(H2,28,32)(H,29,33). The molecule has 0 radical (unpaired) electrons. The first-order valence-electron chi connectivity index (χ1n) is 11.1. The van der Waals surface area contributed by atoms with Crippen LogP contribution in [0.1, 0.15) is 69.2 Å². The zero-order valence-corrected chi connectivity index (χ0v) is 21.6. The third-order valence-electron chi connectivity index (χ3n) is 5.40. The van der Waals surface area contributed by atoms with Crippen LogP contribution in [0.4, 0.5) is 11.4 Å². The van der Waals surface area contributed by atoms with Crippen LogP contribution in [0.25, 0.3) is 0 Å². The normalized spacial score (nSPS) is 12.2. The van der Waals surface area contributed by atoms with Gasteiger partial charge in [-0.25, -0.2) is 0 Å². The zero-order chi connectivity index (χ0) is 26.1. The second-order valence-electron chi connectivity index (χ2n) is 9.66. The second-order valence-corrected chi connectivity index (χ2v) is 10.4. The largest absolute Gasteiger partial charge is 0.395 e. The Morgan fingerprint density at radius 3 is 2.14 bits per heavy atom. The van der Waals surface area contributed by atoms with Gasteiger partial charge in [-0.15, -0.1) is 0 Å². The fourth-order valence-electron chi connectivity index (χ4n) is 3.69. The molecule has 9 heteroatoms. The summed E-state index contributed by atoms with van der Waals surface area (Å²) in [5, 5.41) is 3.01. The fraction of sp³-hybridized carbons (Fsp3) is 0.308. The highest BCUT2D eigenvalue weighted by atomic mass is 32.1. The van der Waals surface area contributed by atoms with Gasteiger partial charge in [-0.2, -0.15) is 4.37 Å². The molecule has 5 N–H and O–H groups in total. The van der Waals surface area contributed by atoms with E-state index in [1.807, 2.05) is 84.0 Å². The molecule has 0 aliphatic carbocycles. The molecule has 0 saturated heterocycles. The summed E-state index contributed by atoms with van der Waals surface area (Å²) >= 11 is 0.787. The number of carbonyl (C=O) groups excluding carboxylic acids is 3. The number of amides is 3. The summed E-state index contributed by atoms with van der Waals surface area (Å²) in [5.74, 6) is -1.72. The number of nitrogens with one attached hydrogen (secondary N) is 1. The molecule has 0 saturated carbocycles. The van der Waals surface area contributed by atoms with Crippen molar-refractivity contribution in [2.75, 3.05) is 10.6 Å². The van der Waals surface area contributed by atoms with Crippen molar-refractivity contribution in [3.05, 3.63) is 75.3 Å². The molecule has 184 valence electrons. The van der Waals surface area contributed by atoms with E-state index in [0.717, 1.165) is 28.2 Å². The first-order valence-corrected chi connectivity index (χ1v) is 11.9. The van der Waals surface area contributed by atoms with Crippen molar-refractivity contribution in [2.45, 2.75) is 53.1 Å². The van der Waals surface area contributed by atoms with Crippen LogP contribution in [0, 0.1) is 20.8 Å². The quantitative estimate of drug-likeness (QED) is 0.477. The number of nitrogen functional groups attached to an aromatic ring is 1. The minimum atomic E-state index is -1.01. The molecule has 8 nitrogen and oxygen atoms in total. The predicted octanol–water partition coefficient (Wildman–Crippen LogP) is 4.05. The molecule has 0 fully saturated rings. The second kappa shape index (κ2) is 9.87. The molecule has 1 heterocycles. The lowest BCUT2D eigenvalue weighted by Crippen LogP contribution is -2.49. The van der Waals surface area contributed by atoms with Crippen LogP contribution in [0.3, 0.4) is 0 Å². The van der Waals surface area contributed by atoms with E-state index in [0.29, 0.717) is 11.3 Å². The number of primary amides is 1. The molecular weight excluding hydrogens is 462 g/mol. The molecule has 3 rings (SSSR count). The lowest BCUT2D eigenvalue weighted by molar-refractivity contribution is -0.123. The van der Waals surface area contributed by atoms with Crippen LogP contribution >= 0.6 is 11.5 Å². The summed E-state index contributed by atoms with van der Waals surface area (Å²) in [5.41, 5.74) is 14.6. The monoisotopic (exact) mass is 493 g/mol. The first kappa shape index (κ1) is 25.9. The molecule has 0 spiro atoms. The number of carbonyl (C=O) groups is 3. The minimum absolute atomic E-state index is 0.0420. The van der Waals surface area contributed by atoms with E-state index in [2.05, 4.69) is 9.69 Å². The Bertz CT molecular complexity index is 1280. The van der Waals surface area contributed by atoms with Crippen LogP contribution in [0.2, 0.25) is 0 Å². The number of hydrogen-bond acceptors (Lipinski definition) is 6. The van der Waals surface area contributed by atoms with E-state index < -0.39 is 23.4 Å². The first-order chi connectivity index (χ1) is 16.3. The van der Waals surface area contributed by atoms with E-state index in [9.17, 15) is 14.4 Å². The van der Waals surface area contributed by atoms with Crippen molar-refractivity contribution >= 4 is 40.6 Å². The number of aryl methyl sites for hydroxylation is 3. The third-order valence-corrected chi connectivity index (χ3v) is 6.25. The molecule has 1 atom stereocenters. The van der Waals surface area contributed by atoms with Crippen LogP contribution in [-0.2, 0) is 4.79 Å². The van der Waals surface area contributed by atoms with Crippen LogP contribution in [0.15, 0.2) is 42.5 Å². The number of nitrogens with two attached hydrogens (primary N) is 2. The Hall–Kier alpha value is -3.72. The number of aromatic nitrogens is 1. The van der Waals surface area contributed by atoms with Gasteiger partial charge >= 0.3 is 0 Å². The lowest BCUT2D eigenvalue weighted by atomic mass is 9.98. The average molecular weight is 494 g/mol. The van der Waals surface area contributed by atoms with Gasteiger partial charge in [0.2, 0.25) is 5.91 Å². The van der Waals surface area contributed by atoms with E-state index in [4.69, 9.17) is 11.5 Å². The molecule has 0 aliphatic heterocycles. The van der Waals surface area contributed by atoms with Gasteiger partial charge in [0.05, 0.1) is 5.69 Å². The van der Waals surface area contributed by atoms with E-state index in [-0.39, 0.29) is 22.2 Å². The molecule has 0 bridgehead atoms. The number of hydrogen-bond donors (Lipinski definition) is 3. The number of anilines is 2. The summed E-state index contributed by atoms with van der Waals surface area (Å²) in [6, 6.07) is 12.1. The van der Waals surface area contributed by atoms with Crippen molar-refractivity contribution in [1.82, 2.24) is 9.69 Å². The summed E-state index contributed by atoms with van der Waals surface area (Å²) in [6.45, 7) is 11.4. The lowest BCUT2D eigenvalue weighted by Gasteiger charge is -2.34. The van der Waals surface area contributed by atoms with Crippen LogP contribution in [0.5, 0.6) is 0 Å².